The Hall–Kier alpha value is -2.09. The lowest BCUT2D eigenvalue weighted by molar-refractivity contribution is -0.117. The summed E-state index contributed by atoms with van der Waals surface area (Å²) in [6, 6.07) is 16.3. The Morgan fingerprint density at radius 2 is 1.73 bits per heavy atom. The number of carbonyl (C=O) groups excluding carboxylic acids is 1. The first kappa shape index (κ1) is 16.3. The molecule has 1 amide bonds. The predicted molar refractivity (Wildman–Crippen MR) is 93.2 cm³/mol. The molecule has 0 aromatic heterocycles. The zero-order chi connectivity index (χ0) is 16.1. The largest absolute Gasteiger partial charge is 0.326 e. The minimum Gasteiger partial charge on any atom is -0.326 e. The van der Waals surface area contributed by atoms with Crippen molar-refractivity contribution in [2.45, 2.75) is 40.0 Å². The third-order valence-corrected chi connectivity index (χ3v) is 3.80. The minimum absolute atomic E-state index is 0.0298. The van der Waals surface area contributed by atoms with E-state index in [1.807, 2.05) is 38.1 Å². The van der Waals surface area contributed by atoms with E-state index >= 15 is 0 Å². The number of amides is 1. The molecule has 0 heterocycles. The Morgan fingerprint density at radius 3 is 2.32 bits per heavy atom. The molecule has 1 N–H and O–H groups in total. The highest BCUT2D eigenvalue weighted by atomic mass is 16.1. The number of nitrogens with one attached hydrogen (secondary N) is 1. The fraction of sp³-hybridized carbons (Fsp3) is 0.350. The first-order valence-corrected chi connectivity index (χ1v) is 7.92. The number of rotatable bonds is 5. The molecule has 0 bridgehead atoms. The normalized spacial score (nSPS) is 12.2. The van der Waals surface area contributed by atoms with Crippen LogP contribution in [-0.2, 0) is 11.2 Å². The van der Waals surface area contributed by atoms with Gasteiger partial charge in [0.1, 0.15) is 0 Å². The number of benzene rings is 2. The molecule has 2 nitrogen and oxygen atoms in total. The first-order chi connectivity index (χ1) is 10.5. The number of carbonyl (C=O) groups is 1. The minimum atomic E-state index is -0.159. The molecule has 2 aromatic rings. The molecule has 2 rings (SSSR count). The molecule has 0 fully saturated rings. The summed E-state index contributed by atoms with van der Waals surface area (Å²) in [5, 5.41) is 2.99. The van der Waals surface area contributed by atoms with Gasteiger partial charge in [-0.05, 0) is 55.0 Å². The van der Waals surface area contributed by atoms with Crippen molar-refractivity contribution in [3.63, 3.8) is 0 Å². The predicted octanol–water partition coefficient (Wildman–Crippen LogP) is 4.94. The van der Waals surface area contributed by atoms with Crippen molar-refractivity contribution < 1.29 is 4.79 Å². The molecular weight excluding hydrogens is 270 g/mol. The molecule has 2 heteroatoms. The smallest absolute Gasteiger partial charge is 0.231 e. The summed E-state index contributed by atoms with van der Waals surface area (Å²) in [6.45, 7) is 8.40. The van der Waals surface area contributed by atoms with Crippen molar-refractivity contribution in [1.29, 1.82) is 0 Å². The molecule has 0 aliphatic heterocycles. The summed E-state index contributed by atoms with van der Waals surface area (Å²) in [4.78, 5) is 12.4. The summed E-state index contributed by atoms with van der Waals surface area (Å²) in [6.07, 6.45) is 1.07. The second-order valence-electron chi connectivity index (χ2n) is 6.42. The Bertz CT molecular complexity index is 628. The lowest BCUT2D eigenvalue weighted by Crippen LogP contribution is -2.18. The third kappa shape index (κ3) is 4.45. The van der Waals surface area contributed by atoms with E-state index in [1.165, 1.54) is 5.56 Å². The summed E-state index contributed by atoms with van der Waals surface area (Å²) in [5.74, 6) is 0.517. The van der Waals surface area contributed by atoms with Gasteiger partial charge in [-0.1, -0.05) is 50.2 Å². The quantitative estimate of drug-likeness (QED) is 0.832. The molecule has 0 aliphatic rings. The number of aryl methyl sites for hydroxylation is 1. The lowest BCUT2D eigenvalue weighted by Gasteiger charge is -2.14. The number of anilines is 1. The van der Waals surface area contributed by atoms with Crippen molar-refractivity contribution in [3.05, 3.63) is 65.2 Å². The summed E-state index contributed by atoms with van der Waals surface area (Å²) in [7, 11) is 0. The molecule has 2 aromatic carbocycles. The van der Waals surface area contributed by atoms with Crippen LogP contribution < -0.4 is 5.32 Å². The molecule has 0 radical (unpaired) electrons. The summed E-state index contributed by atoms with van der Waals surface area (Å²) in [5.41, 5.74) is 4.37. The van der Waals surface area contributed by atoms with E-state index in [4.69, 9.17) is 0 Å². The van der Waals surface area contributed by atoms with E-state index in [1.54, 1.807) is 0 Å². The van der Waals surface area contributed by atoms with Crippen molar-refractivity contribution in [2.75, 3.05) is 5.32 Å². The average Bonchev–Trinajstić information content (AvgIpc) is 2.46. The fourth-order valence-electron chi connectivity index (χ4n) is 2.54. The van der Waals surface area contributed by atoms with Crippen molar-refractivity contribution in [2.24, 2.45) is 5.92 Å². The first-order valence-electron chi connectivity index (χ1n) is 7.92. The van der Waals surface area contributed by atoms with Gasteiger partial charge in [0, 0.05) is 5.69 Å². The SMILES string of the molecule is Cc1cccc(NC(=O)C(C)c2ccc(CC(C)C)cc2)c1. The molecule has 0 aliphatic carbocycles. The third-order valence-electron chi connectivity index (χ3n) is 3.80. The molecule has 1 unspecified atom stereocenters. The van der Waals surface area contributed by atoms with Crippen molar-refractivity contribution in [3.8, 4) is 0 Å². The maximum absolute atomic E-state index is 12.4. The van der Waals surface area contributed by atoms with E-state index in [9.17, 15) is 4.79 Å². The van der Waals surface area contributed by atoms with Crippen LogP contribution >= 0.6 is 0 Å². The van der Waals surface area contributed by atoms with Crippen LogP contribution in [0.4, 0.5) is 5.69 Å². The van der Waals surface area contributed by atoms with Crippen LogP contribution in [0.15, 0.2) is 48.5 Å². The maximum Gasteiger partial charge on any atom is 0.231 e. The van der Waals surface area contributed by atoms with Gasteiger partial charge in [0.05, 0.1) is 5.92 Å². The molecule has 0 saturated carbocycles. The second-order valence-corrected chi connectivity index (χ2v) is 6.42. The highest BCUT2D eigenvalue weighted by Crippen LogP contribution is 2.20. The molecular formula is C20H25NO. The molecule has 1 atom stereocenters. The fourth-order valence-corrected chi connectivity index (χ4v) is 2.54. The van der Waals surface area contributed by atoms with Crippen LogP contribution in [-0.4, -0.2) is 5.91 Å². The van der Waals surface area contributed by atoms with E-state index < -0.39 is 0 Å². The monoisotopic (exact) mass is 295 g/mol. The van der Waals surface area contributed by atoms with E-state index in [0.29, 0.717) is 5.92 Å². The van der Waals surface area contributed by atoms with Crippen LogP contribution in [0.25, 0.3) is 0 Å². The summed E-state index contributed by atoms with van der Waals surface area (Å²) >= 11 is 0. The second kappa shape index (κ2) is 7.26. The van der Waals surface area contributed by atoms with E-state index in [0.717, 1.165) is 23.2 Å². The van der Waals surface area contributed by atoms with Gasteiger partial charge >= 0.3 is 0 Å². The van der Waals surface area contributed by atoms with Gasteiger partial charge in [-0.25, -0.2) is 0 Å². The van der Waals surface area contributed by atoms with Gasteiger partial charge in [0.2, 0.25) is 5.91 Å². The highest BCUT2D eigenvalue weighted by Gasteiger charge is 2.15. The van der Waals surface area contributed by atoms with Gasteiger partial charge in [-0.3, -0.25) is 4.79 Å². The Labute approximate surface area is 133 Å². The topological polar surface area (TPSA) is 29.1 Å². The lowest BCUT2D eigenvalue weighted by atomic mass is 9.96. The van der Waals surface area contributed by atoms with Crippen LogP contribution in [0.2, 0.25) is 0 Å². The van der Waals surface area contributed by atoms with E-state index in [2.05, 4.69) is 43.4 Å². The maximum atomic E-state index is 12.4. The van der Waals surface area contributed by atoms with Gasteiger partial charge < -0.3 is 5.32 Å². The zero-order valence-electron chi connectivity index (χ0n) is 13.9. The standard InChI is InChI=1S/C20H25NO/c1-14(2)12-17-8-10-18(11-9-17)16(4)20(22)21-19-7-5-6-15(3)13-19/h5-11,13-14,16H,12H2,1-4H3,(H,21,22). The molecule has 116 valence electrons. The number of hydrogen-bond acceptors (Lipinski definition) is 1. The van der Waals surface area contributed by atoms with Gasteiger partial charge in [-0.15, -0.1) is 0 Å². The molecule has 0 saturated heterocycles. The highest BCUT2D eigenvalue weighted by molar-refractivity contribution is 5.95. The molecule has 22 heavy (non-hydrogen) atoms. The van der Waals surface area contributed by atoms with Crippen LogP contribution in [0.5, 0.6) is 0 Å². The van der Waals surface area contributed by atoms with Crippen LogP contribution in [0.1, 0.15) is 43.4 Å². The van der Waals surface area contributed by atoms with Gasteiger partial charge in [0.15, 0.2) is 0 Å². The Kier molecular flexibility index (Phi) is 5.37. The van der Waals surface area contributed by atoms with E-state index in [-0.39, 0.29) is 11.8 Å². The number of hydrogen-bond donors (Lipinski definition) is 1. The van der Waals surface area contributed by atoms with Gasteiger partial charge in [0.25, 0.3) is 0 Å². The zero-order valence-corrected chi connectivity index (χ0v) is 13.9. The van der Waals surface area contributed by atoms with Gasteiger partial charge in [-0.2, -0.15) is 0 Å². The Morgan fingerprint density at radius 1 is 1.05 bits per heavy atom. The van der Waals surface area contributed by atoms with Crippen molar-refractivity contribution in [1.82, 2.24) is 0 Å². The summed E-state index contributed by atoms with van der Waals surface area (Å²) < 4.78 is 0. The molecule has 0 spiro atoms. The Balaban J connectivity index is 2.03. The van der Waals surface area contributed by atoms with Crippen LogP contribution in [0.3, 0.4) is 0 Å². The van der Waals surface area contributed by atoms with Crippen LogP contribution in [0, 0.1) is 12.8 Å². The average molecular weight is 295 g/mol. The van der Waals surface area contributed by atoms with Crippen molar-refractivity contribution >= 4 is 11.6 Å².